The van der Waals surface area contributed by atoms with Crippen LogP contribution in [-0.4, -0.2) is 6.29 Å². The summed E-state index contributed by atoms with van der Waals surface area (Å²) in [7, 11) is 0. The van der Waals surface area contributed by atoms with E-state index < -0.39 is 0 Å². The highest BCUT2D eigenvalue weighted by Crippen LogP contribution is 2.21. The van der Waals surface area contributed by atoms with Crippen LogP contribution in [0.3, 0.4) is 0 Å². The topological polar surface area (TPSA) is 17.1 Å². The summed E-state index contributed by atoms with van der Waals surface area (Å²) < 4.78 is 0. The van der Waals surface area contributed by atoms with Crippen LogP contribution in [-0.2, 0) is 17.6 Å². The van der Waals surface area contributed by atoms with Crippen LogP contribution in [0.15, 0.2) is 48.5 Å². The quantitative estimate of drug-likeness (QED) is 0.736. The van der Waals surface area contributed by atoms with Crippen molar-refractivity contribution in [2.24, 2.45) is 0 Å². The van der Waals surface area contributed by atoms with Gasteiger partial charge in [0.15, 0.2) is 0 Å². The standard InChI is InChI=1S/C17H17ClO/c1-2-13-3-5-14(6-4-13)11-16(12-19)15-7-9-17(18)10-8-15/h3-10,12,16H,2,11H2,1H3. The summed E-state index contributed by atoms with van der Waals surface area (Å²) in [4.78, 5) is 11.3. The number of halogens is 1. The van der Waals surface area contributed by atoms with Gasteiger partial charge in [-0.1, -0.05) is 54.9 Å². The predicted octanol–water partition coefficient (Wildman–Crippen LogP) is 4.43. The molecule has 0 aliphatic heterocycles. The van der Waals surface area contributed by atoms with Gasteiger partial charge in [0.25, 0.3) is 0 Å². The number of aryl methyl sites for hydroxylation is 1. The fourth-order valence-corrected chi connectivity index (χ4v) is 2.25. The van der Waals surface area contributed by atoms with Crippen LogP contribution in [0.25, 0.3) is 0 Å². The Morgan fingerprint density at radius 1 is 1.00 bits per heavy atom. The Morgan fingerprint density at radius 3 is 2.11 bits per heavy atom. The van der Waals surface area contributed by atoms with Gasteiger partial charge in [-0.25, -0.2) is 0 Å². The van der Waals surface area contributed by atoms with Crippen LogP contribution in [0.1, 0.15) is 29.5 Å². The lowest BCUT2D eigenvalue weighted by atomic mass is 9.93. The molecule has 19 heavy (non-hydrogen) atoms. The lowest BCUT2D eigenvalue weighted by molar-refractivity contribution is -0.109. The zero-order valence-electron chi connectivity index (χ0n) is 11.0. The number of carbonyl (C=O) groups is 1. The largest absolute Gasteiger partial charge is 0.303 e. The van der Waals surface area contributed by atoms with Gasteiger partial charge in [0, 0.05) is 10.9 Å². The van der Waals surface area contributed by atoms with Crippen molar-refractivity contribution >= 4 is 17.9 Å². The van der Waals surface area contributed by atoms with E-state index in [1.54, 1.807) is 0 Å². The van der Waals surface area contributed by atoms with E-state index in [9.17, 15) is 4.79 Å². The maximum Gasteiger partial charge on any atom is 0.127 e. The third-order valence-corrected chi connectivity index (χ3v) is 3.60. The van der Waals surface area contributed by atoms with Crippen LogP contribution in [0.5, 0.6) is 0 Å². The Labute approximate surface area is 119 Å². The lowest BCUT2D eigenvalue weighted by Crippen LogP contribution is -2.04. The molecule has 98 valence electrons. The van der Waals surface area contributed by atoms with Crippen molar-refractivity contribution in [3.8, 4) is 0 Å². The van der Waals surface area contributed by atoms with E-state index >= 15 is 0 Å². The maximum atomic E-state index is 11.3. The number of benzene rings is 2. The highest BCUT2D eigenvalue weighted by atomic mass is 35.5. The zero-order chi connectivity index (χ0) is 13.7. The van der Waals surface area contributed by atoms with Gasteiger partial charge in [0.05, 0.1) is 0 Å². The second kappa shape index (κ2) is 6.53. The minimum absolute atomic E-state index is 0.107. The molecular weight excluding hydrogens is 256 g/mol. The van der Waals surface area contributed by atoms with Crippen LogP contribution in [0.4, 0.5) is 0 Å². The lowest BCUT2D eigenvalue weighted by Gasteiger charge is -2.11. The van der Waals surface area contributed by atoms with Gasteiger partial charge in [-0.05, 0) is 41.7 Å². The maximum absolute atomic E-state index is 11.3. The molecule has 2 heteroatoms. The van der Waals surface area contributed by atoms with Crippen molar-refractivity contribution in [3.63, 3.8) is 0 Å². The zero-order valence-corrected chi connectivity index (χ0v) is 11.7. The molecule has 1 unspecified atom stereocenters. The fraction of sp³-hybridized carbons (Fsp3) is 0.235. The van der Waals surface area contributed by atoms with Gasteiger partial charge >= 0.3 is 0 Å². The van der Waals surface area contributed by atoms with Crippen molar-refractivity contribution in [2.75, 3.05) is 0 Å². The van der Waals surface area contributed by atoms with Crippen LogP contribution in [0.2, 0.25) is 5.02 Å². The Hall–Kier alpha value is -1.60. The summed E-state index contributed by atoms with van der Waals surface area (Å²) >= 11 is 5.86. The molecule has 0 aliphatic carbocycles. The number of rotatable bonds is 5. The van der Waals surface area contributed by atoms with E-state index in [4.69, 9.17) is 11.6 Å². The van der Waals surface area contributed by atoms with Crippen LogP contribution < -0.4 is 0 Å². The second-order valence-corrected chi connectivity index (χ2v) is 5.10. The van der Waals surface area contributed by atoms with Crippen molar-refractivity contribution in [2.45, 2.75) is 25.7 Å². The summed E-state index contributed by atoms with van der Waals surface area (Å²) in [5.74, 6) is -0.107. The molecular formula is C17H17ClO. The first-order valence-electron chi connectivity index (χ1n) is 6.51. The monoisotopic (exact) mass is 272 g/mol. The minimum Gasteiger partial charge on any atom is -0.303 e. The molecule has 0 radical (unpaired) electrons. The summed E-state index contributed by atoms with van der Waals surface area (Å²) in [5, 5.41) is 0.695. The third kappa shape index (κ3) is 3.68. The first kappa shape index (κ1) is 13.8. The van der Waals surface area contributed by atoms with Gasteiger partial charge in [0.2, 0.25) is 0 Å². The molecule has 0 aliphatic rings. The van der Waals surface area contributed by atoms with Crippen molar-refractivity contribution < 1.29 is 4.79 Å². The molecule has 2 rings (SSSR count). The van der Waals surface area contributed by atoms with Crippen molar-refractivity contribution in [1.29, 1.82) is 0 Å². The van der Waals surface area contributed by atoms with Crippen molar-refractivity contribution in [3.05, 3.63) is 70.2 Å². The van der Waals surface area contributed by atoms with Gasteiger partial charge < -0.3 is 4.79 Å². The molecule has 0 N–H and O–H groups in total. The highest BCUT2D eigenvalue weighted by Gasteiger charge is 2.11. The second-order valence-electron chi connectivity index (χ2n) is 4.67. The van der Waals surface area contributed by atoms with E-state index in [0.29, 0.717) is 5.02 Å². The average Bonchev–Trinajstić information content (AvgIpc) is 2.46. The Kier molecular flexibility index (Phi) is 4.75. The molecule has 1 atom stereocenters. The molecule has 2 aromatic carbocycles. The number of hydrogen-bond donors (Lipinski definition) is 0. The Morgan fingerprint density at radius 2 is 1.58 bits per heavy atom. The van der Waals surface area contributed by atoms with Gasteiger partial charge in [0.1, 0.15) is 6.29 Å². The molecule has 0 saturated heterocycles. The summed E-state index contributed by atoms with van der Waals surface area (Å²) in [6.07, 6.45) is 2.78. The molecule has 0 amide bonds. The van der Waals surface area contributed by atoms with Crippen molar-refractivity contribution in [1.82, 2.24) is 0 Å². The molecule has 0 bridgehead atoms. The van der Waals surface area contributed by atoms with E-state index in [2.05, 4.69) is 31.2 Å². The first-order valence-corrected chi connectivity index (χ1v) is 6.89. The van der Waals surface area contributed by atoms with Gasteiger partial charge in [-0.2, -0.15) is 0 Å². The van der Waals surface area contributed by atoms with E-state index in [1.807, 2.05) is 24.3 Å². The number of carbonyl (C=O) groups excluding carboxylic acids is 1. The van der Waals surface area contributed by atoms with E-state index in [0.717, 1.165) is 24.7 Å². The molecule has 0 heterocycles. The number of aldehydes is 1. The number of hydrogen-bond acceptors (Lipinski definition) is 1. The van der Waals surface area contributed by atoms with E-state index in [1.165, 1.54) is 11.1 Å². The van der Waals surface area contributed by atoms with Gasteiger partial charge in [-0.3, -0.25) is 0 Å². The molecule has 0 spiro atoms. The third-order valence-electron chi connectivity index (χ3n) is 3.35. The SMILES string of the molecule is CCc1ccc(CC(C=O)c2ccc(Cl)cc2)cc1. The molecule has 0 fully saturated rings. The minimum atomic E-state index is -0.107. The average molecular weight is 273 g/mol. The Bertz CT molecular complexity index is 528. The van der Waals surface area contributed by atoms with E-state index in [-0.39, 0.29) is 5.92 Å². The smallest absolute Gasteiger partial charge is 0.127 e. The normalized spacial score (nSPS) is 12.1. The predicted molar refractivity (Wildman–Crippen MR) is 79.8 cm³/mol. The van der Waals surface area contributed by atoms with Gasteiger partial charge in [-0.15, -0.1) is 0 Å². The summed E-state index contributed by atoms with van der Waals surface area (Å²) in [5.41, 5.74) is 3.51. The summed E-state index contributed by atoms with van der Waals surface area (Å²) in [6.45, 7) is 2.14. The fourth-order valence-electron chi connectivity index (χ4n) is 2.12. The van der Waals surface area contributed by atoms with Crippen LogP contribution >= 0.6 is 11.6 Å². The Balaban J connectivity index is 2.14. The molecule has 0 aromatic heterocycles. The first-order chi connectivity index (χ1) is 9.22. The summed E-state index contributed by atoms with van der Waals surface area (Å²) in [6, 6.07) is 15.9. The highest BCUT2D eigenvalue weighted by molar-refractivity contribution is 6.30. The molecule has 0 saturated carbocycles. The molecule has 1 nitrogen and oxygen atoms in total. The van der Waals surface area contributed by atoms with Crippen LogP contribution in [0, 0.1) is 0 Å². The molecule has 2 aromatic rings.